The van der Waals surface area contributed by atoms with Gasteiger partial charge in [0.15, 0.2) is 0 Å². The van der Waals surface area contributed by atoms with E-state index in [-0.39, 0.29) is 6.42 Å². The lowest BCUT2D eigenvalue weighted by molar-refractivity contribution is -0.136. The van der Waals surface area contributed by atoms with E-state index in [1.54, 1.807) is 17.9 Å². The van der Waals surface area contributed by atoms with E-state index in [0.29, 0.717) is 12.0 Å². The number of alkyl halides is 3. The highest BCUT2D eigenvalue weighted by Gasteiger charge is 2.28. The van der Waals surface area contributed by atoms with Crippen LogP contribution in [0.1, 0.15) is 37.1 Å². The van der Waals surface area contributed by atoms with Gasteiger partial charge in [-0.1, -0.05) is 6.92 Å². The van der Waals surface area contributed by atoms with Gasteiger partial charge in [0.2, 0.25) is 0 Å². The van der Waals surface area contributed by atoms with Crippen molar-refractivity contribution < 1.29 is 13.2 Å². The first-order chi connectivity index (χ1) is 7.33. The average molecular weight is 235 g/mol. The molecule has 6 heteroatoms. The van der Waals surface area contributed by atoms with Gasteiger partial charge in [0.1, 0.15) is 0 Å². The molecule has 92 valence electrons. The van der Waals surface area contributed by atoms with Gasteiger partial charge in [0.05, 0.1) is 5.69 Å². The summed E-state index contributed by atoms with van der Waals surface area (Å²) in [5.41, 5.74) is 7.23. The van der Waals surface area contributed by atoms with E-state index in [0.717, 1.165) is 5.69 Å². The van der Waals surface area contributed by atoms with E-state index in [9.17, 15) is 13.2 Å². The highest BCUT2D eigenvalue weighted by molar-refractivity contribution is 5.20. The monoisotopic (exact) mass is 235 g/mol. The summed E-state index contributed by atoms with van der Waals surface area (Å²) >= 11 is 0. The molecule has 1 rings (SSSR count). The third-order valence-corrected chi connectivity index (χ3v) is 2.41. The number of nitrogens with two attached hydrogens (primary N) is 1. The largest absolute Gasteiger partial charge is 0.389 e. The van der Waals surface area contributed by atoms with Crippen LogP contribution in [-0.4, -0.2) is 16.0 Å². The first kappa shape index (κ1) is 13.0. The minimum Gasteiger partial charge on any atom is -0.324 e. The fourth-order valence-electron chi connectivity index (χ4n) is 1.61. The normalized spacial score (nSPS) is 14.1. The predicted molar refractivity (Wildman–Crippen MR) is 54.8 cm³/mol. The molecule has 0 spiro atoms. The number of nitrogens with zero attached hydrogens (tertiary/aromatic N) is 2. The van der Waals surface area contributed by atoms with Crippen molar-refractivity contribution in [2.24, 2.45) is 12.8 Å². The van der Waals surface area contributed by atoms with Gasteiger partial charge >= 0.3 is 6.18 Å². The Bertz CT molecular complexity index is 344. The molecular formula is C10H16F3N3. The lowest BCUT2D eigenvalue weighted by Gasteiger charge is -2.12. The Morgan fingerprint density at radius 3 is 2.62 bits per heavy atom. The summed E-state index contributed by atoms with van der Waals surface area (Å²) in [5.74, 6) is 0. The van der Waals surface area contributed by atoms with Gasteiger partial charge in [-0.3, -0.25) is 4.68 Å². The van der Waals surface area contributed by atoms with Crippen LogP contribution in [0.15, 0.2) is 6.20 Å². The maximum atomic E-state index is 12.0. The standard InChI is InChI=1S/C10H16F3N3/c1-3-9-7(6-16(2)15-9)8(14)4-5-10(11,12)13/h6,8H,3-5,14H2,1-2H3. The minimum absolute atomic E-state index is 0.0950. The maximum absolute atomic E-state index is 12.0. The van der Waals surface area contributed by atoms with E-state index in [2.05, 4.69) is 5.10 Å². The number of rotatable bonds is 4. The molecule has 1 unspecified atom stereocenters. The van der Waals surface area contributed by atoms with Crippen LogP contribution in [0, 0.1) is 0 Å². The maximum Gasteiger partial charge on any atom is 0.389 e. The molecule has 0 aliphatic carbocycles. The van der Waals surface area contributed by atoms with Crippen molar-refractivity contribution in [2.75, 3.05) is 0 Å². The number of hydrogen-bond acceptors (Lipinski definition) is 2. The summed E-state index contributed by atoms with van der Waals surface area (Å²) in [6.07, 6.45) is -2.73. The second-order valence-electron chi connectivity index (χ2n) is 3.82. The zero-order valence-electron chi connectivity index (χ0n) is 9.38. The smallest absolute Gasteiger partial charge is 0.324 e. The summed E-state index contributed by atoms with van der Waals surface area (Å²) < 4.78 is 37.7. The summed E-state index contributed by atoms with van der Waals surface area (Å²) in [5, 5.41) is 4.15. The molecule has 1 aromatic heterocycles. The molecule has 0 aliphatic heterocycles. The molecule has 2 N–H and O–H groups in total. The molecule has 0 bridgehead atoms. The topological polar surface area (TPSA) is 43.8 Å². The van der Waals surface area contributed by atoms with E-state index in [1.165, 1.54) is 0 Å². The molecule has 0 fully saturated rings. The Labute approximate surface area is 92.4 Å². The molecule has 1 heterocycles. The summed E-state index contributed by atoms with van der Waals surface area (Å²) in [6, 6.07) is -0.592. The zero-order chi connectivity index (χ0) is 12.3. The fourth-order valence-corrected chi connectivity index (χ4v) is 1.61. The number of hydrogen-bond donors (Lipinski definition) is 1. The van der Waals surface area contributed by atoms with Gasteiger partial charge in [-0.25, -0.2) is 0 Å². The Balaban J connectivity index is 2.68. The molecule has 0 saturated heterocycles. The molecule has 0 radical (unpaired) electrons. The number of aryl methyl sites for hydroxylation is 2. The van der Waals surface area contributed by atoms with Gasteiger partial charge in [0, 0.05) is 31.3 Å². The average Bonchev–Trinajstić information content (AvgIpc) is 2.55. The molecule has 0 saturated carbocycles. The Morgan fingerprint density at radius 1 is 1.50 bits per heavy atom. The van der Waals surface area contributed by atoms with Crippen LogP contribution in [0.4, 0.5) is 13.2 Å². The van der Waals surface area contributed by atoms with Crippen LogP contribution in [0.3, 0.4) is 0 Å². The van der Waals surface area contributed by atoms with Gasteiger partial charge in [-0.15, -0.1) is 0 Å². The lowest BCUT2D eigenvalue weighted by Crippen LogP contribution is -2.16. The van der Waals surface area contributed by atoms with Crippen molar-refractivity contribution >= 4 is 0 Å². The highest BCUT2D eigenvalue weighted by atomic mass is 19.4. The number of halogens is 3. The van der Waals surface area contributed by atoms with Crippen molar-refractivity contribution in [3.05, 3.63) is 17.5 Å². The first-order valence-corrected chi connectivity index (χ1v) is 5.18. The molecule has 0 amide bonds. The van der Waals surface area contributed by atoms with Crippen LogP contribution in [0.25, 0.3) is 0 Å². The second kappa shape index (κ2) is 4.86. The molecule has 1 aromatic rings. The lowest BCUT2D eigenvalue weighted by atomic mass is 10.0. The SMILES string of the molecule is CCc1nn(C)cc1C(N)CCC(F)(F)F. The summed E-state index contributed by atoms with van der Waals surface area (Å²) in [7, 11) is 1.74. The Hall–Kier alpha value is -1.04. The van der Waals surface area contributed by atoms with Gasteiger partial charge in [-0.05, 0) is 12.8 Å². The van der Waals surface area contributed by atoms with E-state index < -0.39 is 18.6 Å². The van der Waals surface area contributed by atoms with Crippen LogP contribution in [-0.2, 0) is 13.5 Å². The van der Waals surface area contributed by atoms with Crippen LogP contribution in [0.2, 0.25) is 0 Å². The van der Waals surface area contributed by atoms with Gasteiger partial charge in [-0.2, -0.15) is 18.3 Å². The number of aromatic nitrogens is 2. The van der Waals surface area contributed by atoms with Gasteiger partial charge < -0.3 is 5.73 Å². The van der Waals surface area contributed by atoms with Crippen molar-refractivity contribution in [1.29, 1.82) is 0 Å². The third kappa shape index (κ3) is 3.52. The molecule has 1 atom stereocenters. The van der Waals surface area contributed by atoms with Gasteiger partial charge in [0.25, 0.3) is 0 Å². The Kier molecular flexibility index (Phi) is 3.96. The van der Waals surface area contributed by atoms with Crippen molar-refractivity contribution in [1.82, 2.24) is 9.78 Å². The summed E-state index contributed by atoms with van der Waals surface area (Å²) in [6.45, 7) is 1.91. The minimum atomic E-state index is -4.15. The highest BCUT2D eigenvalue weighted by Crippen LogP contribution is 2.27. The van der Waals surface area contributed by atoms with E-state index >= 15 is 0 Å². The van der Waals surface area contributed by atoms with E-state index in [1.807, 2.05) is 6.92 Å². The molecule has 16 heavy (non-hydrogen) atoms. The fraction of sp³-hybridized carbons (Fsp3) is 0.700. The summed E-state index contributed by atoms with van der Waals surface area (Å²) in [4.78, 5) is 0. The van der Waals surface area contributed by atoms with Crippen molar-refractivity contribution in [3.63, 3.8) is 0 Å². The molecular weight excluding hydrogens is 219 g/mol. The third-order valence-electron chi connectivity index (χ3n) is 2.41. The first-order valence-electron chi connectivity index (χ1n) is 5.18. The molecule has 3 nitrogen and oxygen atoms in total. The zero-order valence-corrected chi connectivity index (χ0v) is 9.38. The Morgan fingerprint density at radius 2 is 2.12 bits per heavy atom. The van der Waals surface area contributed by atoms with E-state index in [4.69, 9.17) is 5.73 Å². The van der Waals surface area contributed by atoms with Crippen LogP contribution >= 0.6 is 0 Å². The molecule has 0 aliphatic rings. The van der Waals surface area contributed by atoms with Crippen molar-refractivity contribution in [2.45, 2.75) is 38.4 Å². The molecule has 0 aromatic carbocycles. The predicted octanol–water partition coefficient (Wildman–Crippen LogP) is 2.32. The van der Waals surface area contributed by atoms with Crippen LogP contribution < -0.4 is 5.73 Å². The second-order valence-corrected chi connectivity index (χ2v) is 3.82. The van der Waals surface area contributed by atoms with Crippen molar-refractivity contribution in [3.8, 4) is 0 Å². The van der Waals surface area contributed by atoms with Crippen LogP contribution in [0.5, 0.6) is 0 Å². The quantitative estimate of drug-likeness (QED) is 0.870.